The summed E-state index contributed by atoms with van der Waals surface area (Å²) in [4.78, 5) is 10.3. The van der Waals surface area contributed by atoms with Crippen LogP contribution in [0.5, 0.6) is 0 Å². The minimum absolute atomic E-state index is 0.650. The van der Waals surface area contributed by atoms with Crippen molar-refractivity contribution in [1.29, 1.82) is 0 Å². The van der Waals surface area contributed by atoms with Crippen LogP contribution in [-0.4, -0.2) is 11.1 Å². The van der Waals surface area contributed by atoms with Crippen molar-refractivity contribution in [1.82, 2.24) is 0 Å². The van der Waals surface area contributed by atoms with Crippen molar-refractivity contribution < 1.29 is 14.3 Å². The summed E-state index contributed by atoms with van der Waals surface area (Å²) in [6, 6.07) is 3.56. The van der Waals surface area contributed by atoms with Crippen LogP contribution >= 0.6 is 15.9 Å². The third kappa shape index (κ3) is 3.62. The Morgan fingerprint density at radius 2 is 2.29 bits per heavy atom. The van der Waals surface area contributed by atoms with E-state index in [1.165, 1.54) is 0 Å². The third-order valence-electron chi connectivity index (χ3n) is 1.46. The van der Waals surface area contributed by atoms with Gasteiger partial charge in [0.25, 0.3) is 0 Å². The molecule has 1 aromatic heterocycles. The highest BCUT2D eigenvalue weighted by molar-refractivity contribution is 9.10. The Bertz CT molecular complexity index is 388. The van der Waals surface area contributed by atoms with Crippen LogP contribution in [0.25, 0.3) is 6.08 Å². The number of carbonyl (C=O) groups is 1. The van der Waals surface area contributed by atoms with Gasteiger partial charge in [-0.1, -0.05) is 6.08 Å². The number of carboxylic acid groups (broad SMARTS) is 1. The summed E-state index contributed by atoms with van der Waals surface area (Å²) in [5.41, 5.74) is 0.657. The van der Waals surface area contributed by atoms with E-state index in [4.69, 9.17) is 9.52 Å². The fraction of sp³-hybridized carbons (Fsp3) is 0.100. The fourth-order valence-corrected chi connectivity index (χ4v) is 1.19. The summed E-state index contributed by atoms with van der Waals surface area (Å²) in [5.74, 6) is -0.275. The van der Waals surface area contributed by atoms with Crippen LogP contribution in [0.3, 0.4) is 0 Å². The van der Waals surface area contributed by atoms with E-state index in [1.807, 2.05) is 0 Å². The van der Waals surface area contributed by atoms with Crippen molar-refractivity contribution in [3.63, 3.8) is 0 Å². The number of halogens is 1. The van der Waals surface area contributed by atoms with E-state index >= 15 is 0 Å². The molecule has 0 aliphatic heterocycles. The zero-order valence-electron chi connectivity index (χ0n) is 7.53. The molecule has 0 spiro atoms. The highest BCUT2D eigenvalue weighted by Crippen LogP contribution is 2.15. The van der Waals surface area contributed by atoms with E-state index in [0.29, 0.717) is 16.0 Å². The number of aliphatic carboxylic acids is 1. The maximum atomic E-state index is 10.3. The topological polar surface area (TPSA) is 50.4 Å². The van der Waals surface area contributed by atoms with Gasteiger partial charge < -0.3 is 9.52 Å². The number of carboxylic acids is 1. The summed E-state index contributed by atoms with van der Waals surface area (Å²) in [6.45, 7) is 1.71. The molecule has 1 N–H and O–H groups in total. The highest BCUT2D eigenvalue weighted by atomic mass is 79.9. The summed E-state index contributed by atoms with van der Waals surface area (Å²) >= 11 is 3.17. The summed E-state index contributed by atoms with van der Waals surface area (Å²) < 4.78 is 5.84. The second kappa shape index (κ2) is 4.81. The molecule has 1 rings (SSSR count). The van der Waals surface area contributed by atoms with E-state index in [-0.39, 0.29) is 0 Å². The molecule has 0 amide bonds. The average Bonchev–Trinajstić information content (AvgIpc) is 2.47. The number of hydrogen-bond donors (Lipinski definition) is 1. The van der Waals surface area contributed by atoms with Crippen LogP contribution in [0.15, 0.2) is 38.9 Å². The van der Waals surface area contributed by atoms with Gasteiger partial charge in [-0.25, -0.2) is 4.79 Å². The lowest BCUT2D eigenvalue weighted by molar-refractivity contribution is -0.131. The second-order valence-electron chi connectivity index (χ2n) is 2.70. The first kappa shape index (κ1) is 10.8. The van der Waals surface area contributed by atoms with Crippen molar-refractivity contribution in [3.8, 4) is 0 Å². The van der Waals surface area contributed by atoms with Gasteiger partial charge in [0.15, 0.2) is 4.67 Å². The summed E-state index contributed by atoms with van der Waals surface area (Å²) in [6.07, 6.45) is 4.52. The van der Waals surface area contributed by atoms with Crippen molar-refractivity contribution in [3.05, 3.63) is 40.3 Å². The van der Waals surface area contributed by atoms with Crippen LogP contribution in [-0.2, 0) is 4.79 Å². The van der Waals surface area contributed by atoms with E-state index in [9.17, 15) is 4.79 Å². The smallest absolute Gasteiger partial charge is 0.328 e. The molecule has 0 bridgehead atoms. The second-order valence-corrected chi connectivity index (χ2v) is 3.48. The van der Waals surface area contributed by atoms with Crippen LogP contribution in [0.1, 0.15) is 12.7 Å². The molecule has 0 saturated carbocycles. The molecule has 0 aromatic carbocycles. The molecule has 0 unspecified atom stereocenters. The van der Waals surface area contributed by atoms with Gasteiger partial charge in [0.1, 0.15) is 5.76 Å². The van der Waals surface area contributed by atoms with Crippen LogP contribution in [0, 0.1) is 0 Å². The number of rotatable bonds is 3. The molecule has 0 radical (unpaired) electrons. The molecule has 0 fully saturated rings. The Morgan fingerprint density at radius 1 is 1.57 bits per heavy atom. The largest absolute Gasteiger partial charge is 0.478 e. The standard InChI is InChI=1S/C10H9BrO3/c1-7(6-10(12)13)2-3-8-4-5-9(11)14-8/h2-6H,1H3,(H,12,13)/b3-2+,7-6-. The average molecular weight is 257 g/mol. The molecule has 0 aliphatic carbocycles. The predicted molar refractivity (Wildman–Crippen MR) is 56.8 cm³/mol. The molecule has 1 aromatic rings. The van der Waals surface area contributed by atoms with Gasteiger partial charge >= 0.3 is 5.97 Å². The van der Waals surface area contributed by atoms with Gasteiger partial charge in [0, 0.05) is 6.08 Å². The first-order chi connectivity index (χ1) is 6.58. The van der Waals surface area contributed by atoms with Crippen molar-refractivity contribution in [2.24, 2.45) is 0 Å². The lowest BCUT2D eigenvalue weighted by atomic mass is 10.2. The Kier molecular flexibility index (Phi) is 3.71. The molecule has 0 saturated heterocycles. The Balaban J connectivity index is 2.69. The summed E-state index contributed by atoms with van der Waals surface area (Å²) in [7, 11) is 0. The van der Waals surface area contributed by atoms with Gasteiger partial charge in [0.05, 0.1) is 0 Å². The van der Waals surface area contributed by atoms with E-state index < -0.39 is 5.97 Å². The normalized spacial score (nSPS) is 12.3. The summed E-state index contributed by atoms with van der Waals surface area (Å²) in [5, 5.41) is 8.44. The third-order valence-corrected chi connectivity index (χ3v) is 1.88. The molecule has 14 heavy (non-hydrogen) atoms. The lowest BCUT2D eigenvalue weighted by Crippen LogP contribution is -1.87. The zero-order chi connectivity index (χ0) is 10.6. The van der Waals surface area contributed by atoms with E-state index in [2.05, 4.69) is 15.9 Å². The van der Waals surface area contributed by atoms with Crippen LogP contribution in [0.4, 0.5) is 0 Å². The Morgan fingerprint density at radius 3 is 2.79 bits per heavy atom. The van der Waals surface area contributed by atoms with Crippen LogP contribution < -0.4 is 0 Å². The van der Waals surface area contributed by atoms with Crippen molar-refractivity contribution in [2.45, 2.75) is 6.92 Å². The molecule has 3 nitrogen and oxygen atoms in total. The van der Waals surface area contributed by atoms with E-state index in [0.717, 1.165) is 6.08 Å². The van der Waals surface area contributed by atoms with Gasteiger partial charge in [-0.3, -0.25) is 0 Å². The zero-order valence-corrected chi connectivity index (χ0v) is 9.11. The van der Waals surface area contributed by atoms with Crippen LogP contribution in [0.2, 0.25) is 0 Å². The molecular weight excluding hydrogens is 248 g/mol. The minimum Gasteiger partial charge on any atom is -0.478 e. The predicted octanol–water partition coefficient (Wildman–Crippen LogP) is 3.09. The minimum atomic E-state index is -0.951. The Hall–Kier alpha value is -1.29. The SMILES string of the molecule is CC(=C/C(=O)O)/C=C/c1ccc(Br)o1. The maximum absolute atomic E-state index is 10.3. The monoisotopic (exact) mass is 256 g/mol. The van der Waals surface area contributed by atoms with Gasteiger partial charge in [-0.05, 0) is 46.6 Å². The molecule has 1 heterocycles. The lowest BCUT2D eigenvalue weighted by Gasteiger charge is -1.88. The Labute approximate surface area is 89.9 Å². The fourth-order valence-electron chi connectivity index (χ4n) is 0.874. The molecule has 0 atom stereocenters. The molecule has 0 aliphatic rings. The number of hydrogen-bond acceptors (Lipinski definition) is 2. The molecule has 74 valence electrons. The van der Waals surface area contributed by atoms with Gasteiger partial charge in [0.2, 0.25) is 0 Å². The van der Waals surface area contributed by atoms with E-state index in [1.54, 1.807) is 31.2 Å². The molecular formula is C10H9BrO3. The van der Waals surface area contributed by atoms with Crippen molar-refractivity contribution in [2.75, 3.05) is 0 Å². The number of allylic oxidation sites excluding steroid dienone is 2. The first-order valence-electron chi connectivity index (χ1n) is 3.92. The van der Waals surface area contributed by atoms with Gasteiger partial charge in [-0.2, -0.15) is 0 Å². The first-order valence-corrected chi connectivity index (χ1v) is 4.72. The number of furan rings is 1. The molecule has 4 heteroatoms. The highest BCUT2D eigenvalue weighted by Gasteiger charge is 1.94. The maximum Gasteiger partial charge on any atom is 0.328 e. The van der Waals surface area contributed by atoms with Crippen molar-refractivity contribution >= 4 is 28.0 Å². The quantitative estimate of drug-likeness (QED) is 0.668. The van der Waals surface area contributed by atoms with Gasteiger partial charge in [-0.15, -0.1) is 0 Å².